The number of benzene rings is 10. The molecule has 0 bridgehead atoms. The molecule has 0 N–H and O–H groups in total. The molecule has 10 aromatic carbocycles. The van der Waals surface area contributed by atoms with Gasteiger partial charge in [0.05, 0.1) is 5.69 Å². The number of furan rings is 1. The summed E-state index contributed by atoms with van der Waals surface area (Å²) in [5.74, 6) is 0. The van der Waals surface area contributed by atoms with Crippen LogP contribution in [-0.2, 0) is 0 Å². The number of nitrogens with zero attached hydrogens (tertiary/aromatic N) is 1. The number of rotatable bonds is 5. The van der Waals surface area contributed by atoms with E-state index in [1.54, 1.807) is 0 Å². The van der Waals surface area contributed by atoms with Gasteiger partial charge in [-0.1, -0.05) is 140 Å². The highest BCUT2D eigenvalue weighted by atomic mass is 16.3. The van der Waals surface area contributed by atoms with Crippen molar-refractivity contribution >= 4 is 82.1 Å². The minimum atomic E-state index is 0.880. The molecule has 0 amide bonds. The summed E-state index contributed by atoms with van der Waals surface area (Å²) in [4.78, 5) is 2.39. The minimum absolute atomic E-state index is 0.880. The Morgan fingerprint density at radius 3 is 1.70 bits per heavy atom. The fourth-order valence-electron chi connectivity index (χ4n) is 8.37. The molecule has 0 radical (unpaired) electrons. The van der Waals surface area contributed by atoms with Crippen molar-refractivity contribution in [3.05, 3.63) is 200 Å². The lowest BCUT2D eigenvalue weighted by Gasteiger charge is -2.28. The summed E-state index contributed by atoms with van der Waals surface area (Å²) < 4.78 is 6.45. The smallest absolute Gasteiger partial charge is 0.136 e. The van der Waals surface area contributed by atoms with Crippen LogP contribution in [0.5, 0.6) is 0 Å². The zero-order valence-electron chi connectivity index (χ0n) is 29.4. The maximum atomic E-state index is 6.45. The quantitative estimate of drug-likeness (QED) is 0.168. The molecule has 252 valence electrons. The first-order valence-corrected chi connectivity index (χ1v) is 18.5. The van der Waals surface area contributed by atoms with E-state index in [9.17, 15) is 0 Å². The lowest BCUT2D eigenvalue weighted by atomic mass is 9.93. The summed E-state index contributed by atoms with van der Waals surface area (Å²) in [5.41, 5.74) is 9.79. The Bertz CT molecular complexity index is 3230. The summed E-state index contributed by atoms with van der Waals surface area (Å²) in [6.45, 7) is 0. The van der Waals surface area contributed by atoms with Crippen LogP contribution >= 0.6 is 0 Å². The first kappa shape index (κ1) is 30.5. The van der Waals surface area contributed by atoms with Crippen LogP contribution in [0.15, 0.2) is 205 Å². The molecule has 2 heteroatoms. The standard InChI is InChI=1S/C52H33NO/c1-2-12-36-29-40(22-21-34(36)11-1)44-17-9-10-20-50(44)53(42-27-28-51-49(33-42)48-30-37-13-3-4-14-38(37)32-52(48)54-51)41-25-23-35(24-26-41)47-31-39-15-5-6-16-43(39)45-18-7-8-19-46(45)47/h1-33H. The van der Waals surface area contributed by atoms with E-state index in [0.29, 0.717) is 0 Å². The van der Waals surface area contributed by atoms with Crippen LogP contribution in [0.4, 0.5) is 17.1 Å². The molecule has 0 spiro atoms. The second-order valence-electron chi connectivity index (χ2n) is 14.1. The van der Waals surface area contributed by atoms with Gasteiger partial charge in [-0.15, -0.1) is 0 Å². The van der Waals surface area contributed by atoms with Gasteiger partial charge >= 0.3 is 0 Å². The highest BCUT2D eigenvalue weighted by Crippen LogP contribution is 2.44. The van der Waals surface area contributed by atoms with Gasteiger partial charge in [0.1, 0.15) is 11.2 Å². The van der Waals surface area contributed by atoms with Crippen LogP contribution < -0.4 is 4.90 Å². The molecule has 0 unspecified atom stereocenters. The fraction of sp³-hybridized carbons (Fsp3) is 0. The second-order valence-corrected chi connectivity index (χ2v) is 14.1. The summed E-state index contributed by atoms with van der Waals surface area (Å²) >= 11 is 0. The number of anilines is 3. The van der Waals surface area contributed by atoms with Gasteiger partial charge in [-0.25, -0.2) is 0 Å². The molecule has 0 fully saturated rings. The van der Waals surface area contributed by atoms with E-state index in [1.165, 1.54) is 59.8 Å². The normalized spacial score (nSPS) is 11.7. The van der Waals surface area contributed by atoms with Crippen molar-refractivity contribution in [1.82, 2.24) is 0 Å². The summed E-state index contributed by atoms with van der Waals surface area (Å²) in [6, 6.07) is 72.4. The Morgan fingerprint density at radius 2 is 0.889 bits per heavy atom. The Labute approximate surface area is 312 Å². The molecule has 54 heavy (non-hydrogen) atoms. The number of fused-ring (bicyclic) bond motifs is 8. The second kappa shape index (κ2) is 12.2. The zero-order valence-corrected chi connectivity index (χ0v) is 29.4. The Morgan fingerprint density at radius 1 is 0.296 bits per heavy atom. The molecule has 1 aromatic heterocycles. The predicted octanol–water partition coefficient (Wildman–Crippen LogP) is 15.0. The highest BCUT2D eigenvalue weighted by molar-refractivity contribution is 6.14. The maximum absolute atomic E-state index is 6.45. The average Bonchev–Trinajstić information content (AvgIpc) is 3.59. The molecule has 0 saturated carbocycles. The third-order valence-electron chi connectivity index (χ3n) is 11.0. The zero-order chi connectivity index (χ0) is 35.6. The molecule has 0 aliphatic heterocycles. The third kappa shape index (κ3) is 4.96. The van der Waals surface area contributed by atoms with Crippen molar-refractivity contribution in [2.45, 2.75) is 0 Å². The van der Waals surface area contributed by atoms with Crippen molar-refractivity contribution < 1.29 is 4.42 Å². The lowest BCUT2D eigenvalue weighted by molar-refractivity contribution is 0.669. The van der Waals surface area contributed by atoms with E-state index in [4.69, 9.17) is 4.42 Å². The largest absolute Gasteiger partial charge is 0.456 e. The van der Waals surface area contributed by atoms with E-state index >= 15 is 0 Å². The first-order chi connectivity index (χ1) is 26.7. The highest BCUT2D eigenvalue weighted by Gasteiger charge is 2.20. The van der Waals surface area contributed by atoms with Crippen molar-refractivity contribution in [2.24, 2.45) is 0 Å². The maximum Gasteiger partial charge on any atom is 0.136 e. The van der Waals surface area contributed by atoms with Crippen LogP contribution in [0.3, 0.4) is 0 Å². The van der Waals surface area contributed by atoms with Crippen molar-refractivity contribution in [1.29, 1.82) is 0 Å². The third-order valence-corrected chi connectivity index (χ3v) is 11.0. The lowest BCUT2D eigenvalue weighted by Crippen LogP contribution is -2.11. The first-order valence-electron chi connectivity index (χ1n) is 18.5. The Kier molecular flexibility index (Phi) is 6.90. The number of hydrogen-bond acceptors (Lipinski definition) is 2. The molecule has 11 aromatic rings. The molecule has 0 aliphatic rings. The molecular weight excluding hydrogens is 655 g/mol. The molecule has 2 nitrogen and oxygen atoms in total. The summed E-state index contributed by atoms with van der Waals surface area (Å²) in [7, 11) is 0. The van der Waals surface area contributed by atoms with Crippen molar-refractivity contribution in [3.8, 4) is 22.3 Å². The van der Waals surface area contributed by atoms with Gasteiger partial charge in [0.25, 0.3) is 0 Å². The van der Waals surface area contributed by atoms with Crippen LogP contribution in [0, 0.1) is 0 Å². The molecule has 1 heterocycles. The molecular formula is C52H33NO. The van der Waals surface area contributed by atoms with Gasteiger partial charge in [0, 0.05) is 27.7 Å². The van der Waals surface area contributed by atoms with Gasteiger partial charge in [-0.2, -0.15) is 0 Å². The molecule has 0 aliphatic carbocycles. The molecule has 11 rings (SSSR count). The van der Waals surface area contributed by atoms with Gasteiger partial charge < -0.3 is 9.32 Å². The predicted molar refractivity (Wildman–Crippen MR) is 229 cm³/mol. The Hall–Kier alpha value is -7.16. The van der Waals surface area contributed by atoms with Crippen LogP contribution in [0.2, 0.25) is 0 Å². The average molecular weight is 688 g/mol. The van der Waals surface area contributed by atoms with Gasteiger partial charge in [-0.3, -0.25) is 0 Å². The van der Waals surface area contributed by atoms with Crippen LogP contribution in [-0.4, -0.2) is 0 Å². The van der Waals surface area contributed by atoms with Crippen molar-refractivity contribution in [2.75, 3.05) is 4.90 Å². The molecule has 0 atom stereocenters. The molecule has 0 saturated heterocycles. The number of para-hydroxylation sites is 1. The summed E-state index contributed by atoms with van der Waals surface area (Å²) in [5, 5.41) is 12.1. The van der Waals surface area contributed by atoms with Crippen LogP contribution in [0.25, 0.3) is 87.3 Å². The van der Waals surface area contributed by atoms with E-state index < -0.39 is 0 Å². The summed E-state index contributed by atoms with van der Waals surface area (Å²) in [6.07, 6.45) is 0. The van der Waals surface area contributed by atoms with E-state index in [0.717, 1.165) is 44.6 Å². The minimum Gasteiger partial charge on any atom is -0.456 e. The van der Waals surface area contributed by atoms with Crippen molar-refractivity contribution in [3.63, 3.8) is 0 Å². The van der Waals surface area contributed by atoms with Gasteiger partial charge in [0.2, 0.25) is 0 Å². The van der Waals surface area contributed by atoms with E-state index in [-0.39, 0.29) is 0 Å². The monoisotopic (exact) mass is 687 g/mol. The van der Waals surface area contributed by atoms with Crippen LogP contribution in [0.1, 0.15) is 0 Å². The van der Waals surface area contributed by atoms with Gasteiger partial charge in [-0.05, 0) is 120 Å². The van der Waals surface area contributed by atoms with Gasteiger partial charge in [0.15, 0.2) is 0 Å². The van der Waals surface area contributed by atoms with E-state index in [1.807, 2.05) is 0 Å². The Balaban J connectivity index is 1.11. The topological polar surface area (TPSA) is 16.4 Å². The SMILES string of the molecule is c1ccc(N(c2ccc(-c3cc4ccccc4c4ccccc34)cc2)c2ccc3oc4cc5ccccc5cc4c3c2)c(-c2ccc3ccccc3c2)c1. The number of hydrogen-bond donors (Lipinski definition) is 0. The fourth-order valence-corrected chi connectivity index (χ4v) is 8.37. The van der Waals surface area contributed by atoms with E-state index in [2.05, 4.69) is 205 Å².